The summed E-state index contributed by atoms with van der Waals surface area (Å²) in [6.07, 6.45) is 3.39. The lowest BCUT2D eigenvalue weighted by molar-refractivity contribution is -0.129. The second-order valence-corrected chi connectivity index (χ2v) is 7.69. The normalized spacial score (nSPS) is 11.5. The molecule has 0 fully saturated rings. The molecule has 164 valence electrons. The van der Waals surface area contributed by atoms with E-state index in [4.69, 9.17) is 0 Å². The molecule has 3 aromatic carbocycles. The smallest absolute Gasteiger partial charge is 0.247 e. The zero-order valence-electron chi connectivity index (χ0n) is 18.1. The first-order valence-electron chi connectivity index (χ1n) is 10.8. The Morgan fingerprint density at radius 3 is 1.73 bits per heavy atom. The summed E-state index contributed by atoms with van der Waals surface area (Å²) in [7, 11) is 0. The van der Waals surface area contributed by atoms with Gasteiger partial charge in [-0.15, -0.1) is 0 Å². The molecule has 4 aromatic rings. The maximum atomic E-state index is 13.6. The Bertz CT molecular complexity index is 1130. The van der Waals surface area contributed by atoms with Crippen LogP contribution in [0.15, 0.2) is 116 Å². The lowest BCUT2D eigenvalue weighted by atomic mass is 9.90. The van der Waals surface area contributed by atoms with E-state index in [9.17, 15) is 9.59 Å². The Kier molecular flexibility index (Phi) is 7.23. The van der Waals surface area contributed by atoms with E-state index in [1.807, 2.05) is 103 Å². The summed E-state index contributed by atoms with van der Waals surface area (Å²) in [5, 5.41) is 5.93. The number of carbonyl (C=O) groups excluding carboxylic acids is 2. The molecule has 5 nitrogen and oxygen atoms in total. The van der Waals surface area contributed by atoms with Crippen molar-refractivity contribution in [1.82, 2.24) is 15.6 Å². The van der Waals surface area contributed by atoms with Crippen LogP contribution in [0.2, 0.25) is 0 Å². The van der Waals surface area contributed by atoms with Crippen LogP contribution in [-0.4, -0.2) is 16.8 Å². The average molecular weight is 436 g/mol. The van der Waals surface area contributed by atoms with E-state index in [0.717, 1.165) is 22.3 Å². The van der Waals surface area contributed by atoms with Gasteiger partial charge < -0.3 is 10.6 Å². The summed E-state index contributed by atoms with van der Waals surface area (Å²) in [5.74, 6) is -1.05. The van der Waals surface area contributed by atoms with Crippen molar-refractivity contribution in [3.05, 3.63) is 138 Å². The minimum Gasteiger partial charge on any atom is -0.350 e. The van der Waals surface area contributed by atoms with Gasteiger partial charge in [0.1, 0.15) is 6.04 Å². The van der Waals surface area contributed by atoms with Gasteiger partial charge in [0.05, 0.1) is 5.92 Å². The second-order valence-electron chi connectivity index (χ2n) is 7.69. The maximum absolute atomic E-state index is 13.6. The molecule has 0 saturated heterocycles. The van der Waals surface area contributed by atoms with Gasteiger partial charge in [0.15, 0.2) is 0 Å². The summed E-state index contributed by atoms with van der Waals surface area (Å²) in [4.78, 5) is 30.9. The first kappa shape index (κ1) is 22.0. The van der Waals surface area contributed by atoms with Gasteiger partial charge in [-0.2, -0.15) is 0 Å². The molecule has 0 spiro atoms. The predicted molar refractivity (Wildman–Crippen MR) is 128 cm³/mol. The van der Waals surface area contributed by atoms with Crippen molar-refractivity contribution in [3.8, 4) is 0 Å². The number of pyridine rings is 1. The minimum absolute atomic E-state index is 0.238. The summed E-state index contributed by atoms with van der Waals surface area (Å²) in [6, 6.07) is 31.4. The summed E-state index contributed by atoms with van der Waals surface area (Å²) in [5.41, 5.74) is 3.33. The molecule has 33 heavy (non-hydrogen) atoms. The van der Waals surface area contributed by atoms with E-state index < -0.39 is 12.0 Å². The maximum Gasteiger partial charge on any atom is 0.247 e. The molecule has 1 aromatic heterocycles. The lowest BCUT2D eigenvalue weighted by Crippen LogP contribution is -2.42. The summed E-state index contributed by atoms with van der Waals surface area (Å²) < 4.78 is 0. The zero-order valence-corrected chi connectivity index (χ0v) is 18.1. The third-order valence-corrected chi connectivity index (χ3v) is 5.40. The van der Waals surface area contributed by atoms with Gasteiger partial charge in [-0.25, -0.2) is 0 Å². The highest BCUT2D eigenvalue weighted by Gasteiger charge is 2.28. The predicted octanol–water partition coefficient (Wildman–Crippen LogP) is 4.39. The number of carbonyl (C=O) groups is 2. The van der Waals surface area contributed by atoms with Crippen molar-refractivity contribution in [2.45, 2.75) is 18.5 Å². The van der Waals surface area contributed by atoms with Gasteiger partial charge in [-0.1, -0.05) is 97.1 Å². The molecule has 4 rings (SSSR count). The molecular formula is C28H25N3O2. The van der Waals surface area contributed by atoms with Gasteiger partial charge in [-0.05, 0) is 28.3 Å². The van der Waals surface area contributed by atoms with E-state index in [1.165, 1.54) is 0 Å². The molecule has 0 radical (unpaired) electrons. The number of nitrogens with one attached hydrogen (secondary N) is 2. The molecule has 0 unspecified atom stereocenters. The topological polar surface area (TPSA) is 71.1 Å². The third-order valence-electron chi connectivity index (χ3n) is 5.40. The Morgan fingerprint density at radius 1 is 0.667 bits per heavy atom. The van der Waals surface area contributed by atoms with E-state index in [2.05, 4.69) is 15.6 Å². The SMILES string of the molecule is O=C(N[C@H](C(=O)NCc1cccnc1)c1ccccc1)C(c1ccccc1)c1ccccc1. The average Bonchev–Trinajstić information content (AvgIpc) is 2.88. The molecule has 2 N–H and O–H groups in total. The second kappa shape index (κ2) is 10.9. The van der Waals surface area contributed by atoms with E-state index in [0.29, 0.717) is 6.54 Å². The number of hydrogen-bond acceptors (Lipinski definition) is 3. The van der Waals surface area contributed by atoms with Gasteiger partial charge in [0.2, 0.25) is 11.8 Å². The van der Waals surface area contributed by atoms with Gasteiger partial charge >= 0.3 is 0 Å². The van der Waals surface area contributed by atoms with Crippen molar-refractivity contribution in [3.63, 3.8) is 0 Å². The van der Waals surface area contributed by atoms with Crippen molar-refractivity contribution >= 4 is 11.8 Å². The van der Waals surface area contributed by atoms with Gasteiger partial charge in [0.25, 0.3) is 0 Å². The Labute approximate surface area is 193 Å². The third kappa shape index (κ3) is 5.71. The standard InChI is InChI=1S/C28H25N3O2/c32-27(25(22-12-4-1-5-13-22)23-14-6-2-7-15-23)31-26(24-16-8-3-9-17-24)28(33)30-20-21-11-10-18-29-19-21/h1-19,25-26H,20H2,(H,30,33)(H,31,32)/t26-/m0/s1. The molecule has 5 heteroatoms. The molecule has 1 atom stereocenters. The molecule has 0 aliphatic carbocycles. The van der Waals surface area contributed by atoms with Crippen LogP contribution in [-0.2, 0) is 16.1 Å². The molecule has 2 amide bonds. The lowest BCUT2D eigenvalue weighted by Gasteiger charge is -2.23. The molecule has 0 aliphatic heterocycles. The van der Waals surface area contributed by atoms with Crippen molar-refractivity contribution in [1.29, 1.82) is 0 Å². The molecule has 1 heterocycles. The van der Waals surface area contributed by atoms with E-state index in [1.54, 1.807) is 12.4 Å². The van der Waals surface area contributed by atoms with Crippen LogP contribution in [0, 0.1) is 0 Å². The van der Waals surface area contributed by atoms with Crippen LogP contribution in [0.4, 0.5) is 0 Å². The summed E-state index contributed by atoms with van der Waals surface area (Å²) in [6.45, 7) is 0.326. The van der Waals surface area contributed by atoms with Crippen LogP contribution in [0.25, 0.3) is 0 Å². The molecule has 0 bridgehead atoms. The number of nitrogens with zero attached hydrogens (tertiary/aromatic N) is 1. The first-order chi connectivity index (χ1) is 16.2. The van der Waals surface area contributed by atoms with Crippen LogP contribution in [0.3, 0.4) is 0 Å². The van der Waals surface area contributed by atoms with Gasteiger partial charge in [-0.3, -0.25) is 14.6 Å². The number of amides is 2. The van der Waals surface area contributed by atoms with E-state index >= 15 is 0 Å². The van der Waals surface area contributed by atoms with Gasteiger partial charge in [0, 0.05) is 18.9 Å². The van der Waals surface area contributed by atoms with Crippen molar-refractivity contribution < 1.29 is 9.59 Å². The van der Waals surface area contributed by atoms with Crippen LogP contribution in [0.1, 0.15) is 34.2 Å². The highest BCUT2D eigenvalue weighted by atomic mass is 16.2. The molecular weight excluding hydrogens is 410 g/mol. The zero-order chi connectivity index (χ0) is 22.9. The fourth-order valence-corrected chi connectivity index (χ4v) is 3.75. The number of hydrogen-bond donors (Lipinski definition) is 2. The molecule has 0 saturated carbocycles. The number of rotatable bonds is 8. The largest absolute Gasteiger partial charge is 0.350 e. The van der Waals surface area contributed by atoms with Crippen LogP contribution in [0.5, 0.6) is 0 Å². The minimum atomic E-state index is -0.828. The molecule has 0 aliphatic rings. The van der Waals surface area contributed by atoms with Crippen LogP contribution < -0.4 is 10.6 Å². The fourth-order valence-electron chi connectivity index (χ4n) is 3.75. The number of aromatic nitrogens is 1. The Morgan fingerprint density at radius 2 is 1.21 bits per heavy atom. The van der Waals surface area contributed by atoms with E-state index in [-0.39, 0.29) is 11.8 Å². The highest BCUT2D eigenvalue weighted by Crippen LogP contribution is 2.26. The first-order valence-corrected chi connectivity index (χ1v) is 10.8. The monoisotopic (exact) mass is 435 g/mol. The Hall–Kier alpha value is -4.25. The van der Waals surface area contributed by atoms with Crippen molar-refractivity contribution in [2.75, 3.05) is 0 Å². The number of benzene rings is 3. The summed E-state index contributed by atoms with van der Waals surface area (Å²) >= 11 is 0. The fraction of sp³-hybridized carbons (Fsp3) is 0.107. The quantitative estimate of drug-likeness (QED) is 0.431. The van der Waals surface area contributed by atoms with Crippen molar-refractivity contribution in [2.24, 2.45) is 0 Å². The Balaban J connectivity index is 1.60. The van der Waals surface area contributed by atoms with Crippen LogP contribution >= 0.6 is 0 Å². The highest BCUT2D eigenvalue weighted by molar-refractivity contribution is 5.93.